The second-order valence-corrected chi connectivity index (χ2v) is 8.16. The van der Waals surface area contributed by atoms with Gasteiger partial charge in [0.25, 0.3) is 5.91 Å². The number of hydrogen-bond acceptors (Lipinski definition) is 4. The van der Waals surface area contributed by atoms with Crippen molar-refractivity contribution in [2.24, 2.45) is 0 Å². The average Bonchev–Trinajstić information content (AvgIpc) is 2.53. The number of nitrogens with one attached hydrogen (secondary N) is 3. The van der Waals surface area contributed by atoms with Gasteiger partial charge in [0.05, 0.1) is 16.3 Å². The second kappa shape index (κ2) is 6.67. The molecule has 2 aromatic carbocycles. The number of anilines is 1. The number of sulfonamides is 1. The standard InChI is InChI=1S/C17H18ClN3O3S/c1-10(2)21-25(23,24)15-8-12-14(9-13(15)18)19-16(20-17(12)22)11-6-4-3-5-7-11/h3-10,16,19,21H,1-2H3,(H,20,22). The van der Waals surface area contributed by atoms with Crippen LogP contribution in [-0.4, -0.2) is 20.4 Å². The van der Waals surface area contributed by atoms with Crippen molar-refractivity contribution in [3.05, 3.63) is 58.6 Å². The summed E-state index contributed by atoms with van der Waals surface area (Å²) in [5, 5.41) is 6.05. The minimum atomic E-state index is -3.80. The van der Waals surface area contributed by atoms with Crippen LogP contribution in [0.4, 0.5) is 5.69 Å². The number of benzene rings is 2. The fourth-order valence-electron chi connectivity index (χ4n) is 2.65. The molecule has 0 aliphatic carbocycles. The predicted octanol–water partition coefficient (Wildman–Crippen LogP) is 2.88. The van der Waals surface area contributed by atoms with Crippen molar-refractivity contribution in [2.75, 3.05) is 5.32 Å². The van der Waals surface area contributed by atoms with Crippen LogP contribution in [0.25, 0.3) is 0 Å². The fraction of sp³-hybridized carbons (Fsp3) is 0.235. The highest BCUT2D eigenvalue weighted by Crippen LogP contribution is 2.33. The molecule has 1 unspecified atom stereocenters. The molecule has 1 heterocycles. The van der Waals surface area contributed by atoms with Gasteiger partial charge in [0, 0.05) is 6.04 Å². The molecule has 0 radical (unpaired) electrons. The molecule has 1 atom stereocenters. The van der Waals surface area contributed by atoms with Gasteiger partial charge in [-0.25, -0.2) is 13.1 Å². The third-order valence-corrected chi connectivity index (χ3v) is 5.83. The monoisotopic (exact) mass is 379 g/mol. The molecule has 1 aliphatic heterocycles. The number of amides is 1. The quantitative estimate of drug-likeness (QED) is 0.762. The summed E-state index contributed by atoms with van der Waals surface area (Å²) in [6, 6.07) is 11.9. The van der Waals surface area contributed by atoms with Gasteiger partial charge in [-0.15, -0.1) is 0 Å². The molecule has 1 aliphatic rings. The molecule has 3 rings (SSSR count). The lowest BCUT2D eigenvalue weighted by atomic mass is 10.1. The smallest absolute Gasteiger partial charge is 0.255 e. The summed E-state index contributed by atoms with van der Waals surface area (Å²) in [6.45, 7) is 3.42. The zero-order chi connectivity index (χ0) is 18.2. The average molecular weight is 380 g/mol. The summed E-state index contributed by atoms with van der Waals surface area (Å²) >= 11 is 6.18. The largest absolute Gasteiger partial charge is 0.361 e. The molecule has 6 nitrogen and oxygen atoms in total. The van der Waals surface area contributed by atoms with Crippen LogP contribution in [0.2, 0.25) is 5.02 Å². The summed E-state index contributed by atoms with van der Waals surface area (Å²) < 4.78 is 27.3. The van der Waals surface area contributed by atoms with Gasteiger partial charge >= 0.3 is 0 Å². The van der Waals surface area contributed by atoms with Crippen LogP contribution < -0.4 is 15.4 Å². The van der Waals surface area contributed by atoms with Gasteiger partial charge in [-0.05, 0) is 31.5 Å². The van der Waals surface area contributed by atoms with Gasteiger partial charge in [0.15, 0.2) is 0 Å². The third-order valence-electron chi connectivity index (χ3n) is 3.71. The lowest BCUT2D eigenvalue weighted by molar-refractivity contribution is 0.0935. The molecule has 1 amide bonds. The Labute approximate surface area is 151 Å². The molecule has 8 heteroatoms. The van der Waals surface area contributed by atoms with E-state index in [2.05, 4.69) is 15.4 Å². The lowest BCUT2D eigenvalue weighted by Crippen LogP contribution is -2.39. The Hall–Kier alpha value is -2.09. The van der Waals surface area contributed by atoms with E-state index in [1.807, 2.05) is 30.3 Å². The number of rotatable bonds is 4. The minimum absolute atomic E-state index is 0.0564. The van der Waals surface area contributed by atoms with E-state index in [1.165, 1.54) is 12.1 Å². The van der Waals surface area contributed by atoms with Gasteiger partial charge in [-0.1, -0.05) is 41.9 Å². The molecule has 0 saturated heterocycles. The van der Waals surface area contributed by atoms with E-state index < -0.39 is 16.2 Å². The van der Waals surface area contributed by atoms with Gasteiger partial charge in [0.1, 0.15) is 11.1 Å². The Morgan fingerprint density at radius 3 is 2.44 bits per heavy atom. The first kappa shape index (κ1) is 17.7. The molecule has 0 fully saturated rings. The summed E-state index contributed by atoms with van der Waals surface area (Å²) in [7, 11) is -3.80. The van der Waals surface area contributed by atoms with Crippen molar-refractivity contribution < 1.29 is 13.2 Å². The Morgan fingerprint density at radius 1 is 1.12 bits per heavy atom. The molecule has 2 aromatic rings. The normalized spacial score (nSPS) is 17.0. The van der Waals surface area contributed by atoms with Crippen molar-refractivity contribution in [3.8, 4) is 0 Å². The van der Waals surface area contributed by atoms with Gasteiger partial charge in [-0.3, -0.25) is 4.79 Å². The Balaban J connectivity index is 2.00. The van der Waals surface area contributed by atoms with E-state index in [0.717, 1.165) is 5.56 Å². The van der Waals surface area contributed by atoms with Gasteiger partial charge in [0.2, 0.25) is 10.0 Å². The summed E-state index contributed by atoms with van der Waals surface area (Å²) in [5.74, 6) is -0.361. The van der Waals surface area contributed by atoms with Crippen molar-refractivity contribution in [2.45, 2.75) is 31.0 Å². The van der Waals surface area contributed by atoms with Crippen LogP contribution in [0, 0.1) is 0 Å². The first-order valence-corrected chi connectivity index (χ1v) is 9.62. The van der Waals surface area contributed by atoms with Crippen LogP contribution in [0.1, 0.15) is 35.9 Å². The summed E-state index contributed by atoms with van der Waals surface area (Å²) in [6.07, 6.45) is -0.409. The molecule has 0 spiro atoms. The molecule has 25 heavy (non-hydrogen) atoms. The molecule has 0 bridgehead atoms. The molecular weight excluding hydrogens is 362 g/mol. The first-order valence-electron chi connectivity index (χ1n) is 7.76. The van der Waals surface area contributed by atoms with Gasteiger partial charge in [-0.2, -0.15) is 0 Å². The topological polar surface area (TPSA) is 87.3 Å². The van der Waals surface area contributed by atoms with Crippen LogP contribution in [-0.2, 0) is 10.0 Å². The molecular formula is C17H18ClN3O3S. The van der Waals surface area contributed by atoms with Crippen molar-refractivity contribution in [1.82, 2.24) is 10.0 Å². The highest BCUT2D eigenvalue weighted by atomic mass is 35.5. The summed E-state index contributed by atoms with van der Waals surface area (Å²) in [5.41, 5.74) is 1.61. The number of hydrogen-bond donors (Lipinski definition) is 3. The highest BCUT2D eigenvalue weighted by Gasteiger charge is 2.29. The SMILES string of the molecule is CC(C)NS(=O)(=O)c1cc2c(cc1Cl)NC(c1ccccc1)NC2=O. The number of halogens is 1. The lowest BCUT2D eigenvalue weighted by Gasteiger charge is -2.29. The zero-order valence-corrected chi connectivity index (χ0v) is 15.3. The minimum Gasteiger partial charge on any atom is -0.361 e. The number of carbonyl (C=O) groups excluding carboxylic acids is 1. The molecule has 132 valence electrons. The van der Waals surface area contributed by atoms with E-state index >= 15 is 0 Å². The maximum absolute atomic E-state index is 12.5. The Morgan fingerprint density at radius 2 is 1.80 bits per heavy atom. The molecule has 0 aromatic heterocycles. The maximum atomic E-state index is 12.5. The first-order chi connectivity index (χ1) is 11.8. The van der Waals surface area contributed by atoms with Crippen LogP contribution in [0.5, 0.6) is 0 Å². The third kappa shape index (κ3) is 3.63. The van der Waals surface area contributed by atoms with Crippen molar-refractivity contribution in [1.29, 1.82) is 0 Å². The Kier molecular flexibility index (Phi) is 4.73. The Bertz CT molecular complexity index is 914. The summed E-state index contributed by atoms with van der Waals surface area (Å²) in [4.78, 5) is 12.4. The predicted molar refractivity (Wildman–Crippen MR) is 97.2 cm³/mol. The van der Waals surface area contributed by atoms with Gasteiger partial charge < -0.3 is 10.6 Å². The zero-order valence-electron chi connectivity index (χ0n) is 13.7. The number of fused-ring (bicyclic) bond motifs is 1. The van der Waals surface area contributed by atoms with E-state index in [0.29, 0.717) is 5.69 Å². The van der Waals surface area contributed by atoms with E-state index in [-0.39, 0.29) is 27.4 Å². The highest BCUT2D eigenvalue weighted by molar-refractivity contribution is 7.89. The van der Waals surface area contributed by atoms with E-state index in [9.17, 15) is 13.2 Å². The van der Waals surface area contributed by atoms with Crippen LogP contribution in [0.3, 0.4) is 0 Å². The maximum Gasteiger partial charge on any atom is 0.255 e. The van der Waals surface area contributed by atoms with E-state index in [1.54, 1.807) is 13.8 Å². The molecule has 3 N–H and O–H groups in total. The van der Waals surface area contributed by atoms with Crippen LogP contribution >= 0.6 is 11.6 Å². The number of carbonyl (C=O) groups is 1. The van der Waals surface area contributed by atoms with Crippen LogP contribution in [0.15, 0.2) is 47.4 Å². The second-order valence-electron chi connectivity index (χ2n) is 6.07. The fourth-order valence-corrected chi connectivity index (χ4v) is 4.46. The van der Waals surface area contributed by atoms with Crippen molar-refractivity contribution >= 4 is 33.2 Å². The van der Waals surface area contributed by atoms with Crippen molar-refractivity contribution in [3.63, 3.8) is 0 Å². The molecule has 0 saturated carbocycles. The van der Waals surface area contributed by atoms with E-state index in [4.69, 9.17) is 11.6 Å².